The van der Waals surface area contributed by atoms with Crippen LogP contribution in [-0.4, -0.2) is 37.0 Å². The standard InChI is InChI=1S/C22H24N2O5/c1-14-7-6-8-15(2)21(14)23-22(27)16(3)29-20(26)13-24-17-9-4-5-10-18(17)28-12-11-19(24)25/h4-10,16H,11-13H2,1-3H3,(H,23,27)/t16-/m0/s1. The summed E-state index contributed by atoms with van der Waals surface area (Å²) in [4.78, 5) is 38.7. The van der Waals surface area contributed by atoms with Crippen molar-refractivity contribution in [2.45, 2.75) is 33.3 Å². The SMILES string of the molecule is Cc1cccc(C)c1NC(=O)[C@H](C)OC(=O)CN1C(=O)CCOc2ccccc21. The minimum Gasteiger partial charge on any atom is -0.491 e. The first-order chi connectivity index (χ1) is 13.9. The number of hydrogen-bond donors (Lipinski definition) is 1. The molecule has 1 aliphatic rings. The highest BCUT2D eigenvalue weighted by molar-refractivity contribution is 6.00. The number of anilines is 2. The zero-order valence-electron chi connectivity index (χ0n) is 16.7. The molecule has 0 saturated carbocycles. The van der Waals surface area contributed by atoms with Crippen molar-refractivity contribution < 1.29 is 23.9 Å². The van der Waals surface area contributed by atoms with Gasteiger partial charge >= 0.3 is 5.97 Å². The third-order valence-corrected chi connectivity index (χ3v) is 4.72. The molecule has 0 aliphatic carbocycles. The van der Waals surface area contributed by atoms with E-state index in [-0.39, 0.29) is 25.5 Å². The number of para-hydroxylation sites is 3. The van der Waals surface area contributed by atoms with Crippen LogP contribution < -0.4 is 15.0 Å². The highest BCUT2D eigenvalue weighted by atomic mass is 16.5. The number of fused-ring (bicyclic) bond motifs is 1. The quantitative estimate of drug-likeness (QED) is 0.786. The topological polar surface area (TPSA) is 84.9 Å². The lowest BCUT2D eigenvalue weighted by Crippen LogP contribution is -2.39. The molecular weight excluding hydrogens is 372 g/mol. The average molecular weight is 396 g/mol. The summed E-state index contributed by atoms with van der Waals surface area (Å²) in [7, 11) is 0. The number of amides is 2. The molecular formula is C22H24N2O5. The van der Waals surface area contributed by atoms with Crippen LogP contribution in [0.3, 0.4) is 0 Å². The van der Waals surface area contributed by atoms with Gasteiger partial charge in [0.25, 0.3) is 5.91 Å². The number of hydrogen-bond acceptors (Lipinski definition) is 5. The van der Waals surface area contributed by atoms with Gasteiger partial charge in [-0.25, -0.2) is 0 Å². The number of rotatable bonds is 5. The molecule has 2 aromatic carbocycles. The Balaban J connectivity index is 1.65. The van der Waals surface area contributed by atoms with E-state index in [0.29, 0.717) is 17.1 Å². The fourth-order valence-electron chi connectivity index (χ4n) is 3.15. The van der Waals surface area contributed by atoms with Crippen LogP contribution in [0, 0.1) is 13.8 Å². The Morgan fingerprint density at radius 1 is 1.14 bits per heavy atom. The van der Waals surface area contributed by atoms with E-state index < -0.39 is 18.0 Å². The summed E-state index contributed by atoms with van der Waals surface area (Å²) in [6, 6.07) is 12.7. The molecule has 0 radical (unpaired) electrons. The average Bonchev–Trinajstić information content (AvgIpc) is 2.84. The molecule has 1 atom stereocenters. The van der Waals surface area contributed by atoms with Gasteiger partial charge in [0.1, 0.15) is 12.3 Å². The second-order valence-electron chi connectivity index (χ2n) is 6.93. The number of aryl methyl sites for hydroxylation is 2. The van der Waals surface area contributed by atoms with Gasteiger partial charge in [0.15, 0.2) is 6.10 Å². The summed E-state index contributed by atoms with van der Waals surface area (Å²) in [5.41, 5.74) is 3.06. The number of benzene rings is 2. The molecule has 1 aliphatic heterocycles. The molecule has 7 heteroatoms. The largest absolute Gasteiger partial charge is 0.491 e. The lowest BCUT2D eigenvalue weighted by atomic mass is 10.1. The van der Waals surface area contributed by atoms with Crippen LogP contribution >= 0.6 is 0 Å². The van der Waals surface area contributed by atoms with E-state index in [1.165, 1.54) is 11.8 Å². The van der Waals surface area contributed by atoms with Crippen molar-refractivity contribution in [2.75, 3.05) is 23.4 Å². The molecule has 2 aromatic rings. The maximum Gasteiger partial charge on any atom is 0.326 e. The first-order valence-electron chi connectivity index (χ1n) is 9.45. The summed E-state index contributed by atoms with van der Waals surface area (Å²) in [6.45, 7) is 5.24. The normalized spacial score (nSPS) is 14.3. The number of nitrogens with one attached hydrogen (secondary N) is 1. The number of carbonyl (C=O) groups is 3. The Morgan fingerprint density at radius 2 is 1.83 bits per heavy atom. The van der Waals surface area contributed by atoms with Gasteiger partial charge in [0.2, 0.25) is 5.91 Å². The van der Waals surface area contributed by atoms with Gasteiger partial charge in [0.05, 0.1) is 18.7 Å². The summed E-state index contributed by atoms with van der Waals surface area (Å²) in [5, 5.41) is 2.80. The minimum atomic E-state index is -1.00. The maximum atomic E-state index is 12.5. The molecule has 2 amide bonds. The first kappa shape index (κ1) is 20.4. The van der Waals surface area contributed by atoms with Crippen LogP contribution in [-0.2, 0) is 19.1 Å². The molecule has 0 aromatic heterocycles. The fourth-order valence-corrected chi connectivity index (χ4v) is 3.15. The van der Waals surface area contributed by atoms with Gasteiger partial charge in [-0.3, -0.25) is 19.3 Å². The van der Waals surface area contributed by atoms with E-state index in [4.69, 9.17) is 9.47 Å². The van der Waals surface area contributed by atoms with E-state index >= 15 is 0 Å². The predicted molar refractivity (Wildman–Crippen MR) is 109 cm³/mol. The molecule has 0 bridgehead atoms. The molecule has 0 fully saturated rings. The monoisotopic (exact) mass is 396 g/mol. The van der Waals surface area contributed by atoms with Gasteiger partial charge in [-0.15, -0.1) is 0 Å². The highest BCUT2D eigenvalue weighted by Gasteiger charge is 2.27. The van der Waals surface area contributed by atoms with E-state index in [1.807, 2.05) is 32.0 Å². The van der Waals surface area contributed by atoms with Gasteiger partial charge in [-0.05, 0) is 44.0 Å². The zero-order valence-corrected chi connectivity index (χ0v) is 16.7. The molecule has 1 heterocycles. The van der Waals surface area contributed by atoms with Crippen LogP contribution in [0.5, 0.6) is 5.75 Å². The molecule has 7 nitrogen and oxygen atoms in total. The molecule has 0 unspecified atom stereocenters. The van der Waals surface area contributed by atoms with Crippen molar-refractivity contribution in [1.82, 2.24) is 0 Å². The van der Waals surface area contributed by atoms with E-state index in [9.17, 15) is 14.4 Å². The van der Waals surface area contributed by atoms with Crippen LogP contribution in [0.2, 0.25) is 0 Å². The summed E-state index contributed by atoms with van der Waals surface area (Å²) in [6.07, 6.45) is -0.847. The minimum absolute atomic E-state index is 0.157. The first-order valence-corrected chi connectivity index (χ1v) is 9.45. The van der Waals surface area contributed by atoms with E-state index in [2.05, 4.69) is 5.32 Å². The van der Waals surface area contributed by atoms with Crippen LogP contribution in [0.4, 0.5) is 11.4 Å². The van der Waals surface area contributed by atoms with Gasteiger partial charge in [-0.2, -0.15) is 0 Å². The molecule has 0 spiro atoms. The van der Waals surface area contributed by atoms with Gasteiger partial charge in [0, 0.05) is 5.69 Å². The molecule has 152 valence electrons. The Labute approximate surface area is 169 Å². The van der Waals surface area contributed by atoms with Gasteiger partial charge < -0.3 is 14.8 Å². The lowest BCUT2D eigenvalue weighted by Gasteiger charge is -2.22. The summed E-state index contributed by atoms with van der Waals surface area (Å²) >= 11 is 0. The summed E-state index contributed by atoms with van der Waals surface area (Å²) in [5.74, 6) is -0.799. The zero-order chi connectivity index (χ0) is 21.0. The van der Waals surface area contributed by atoms with Crippen LogP contribution in [0.15, 0.2) is 42.5 Å². The molecule has 3 rings (SSSR count). The number of ether oxygens (including phenoxy) is 2. The highest BCUT2D eigenvalue weighted by Crippen LogP contribution is 2.30. The predicted octanol–water partition coefficient (Wildman–Crippen LogP) is 2.99. The Kier molecular flexibility index (Phi) is 6.16. The molecule has 0 saturated heterocycles. The van der Waals surface area contributed by atoms with E-state index in [1.54, 1.807) is 24.3 Å². The van der Waals surface area contributed by atoms with Gasteiger partial charge in [-0.1, -0.05) is 30.3 Å². The Morgan fingerprint density at radius 3 is 2.55 bits per heavy atom. The van der Waals surface area contributed by atoms with Crippen LogP contribution in [0.25, 0.3) is 0 Å². The van der Waals surface area contributed by atoms with Crippen molar-refractivity contribution in [3.05, 3.63) is 53.6 Å². The Hall–Kier alpha value is -3.35. The van der Waals surface area contributed by atoms with Crippen molar-refractivity contribution in [3.8, 4) is 5.75 Å². The van der Waals surface area contributed by atoms with Crippen molar-refractivity contribution >= 4 is 29.2 Å². The number of esters is 1. The second-order valence-corrected chi connectivity index (χ2v) is 6.93. The summed E-state index contributed by atoms with van der Waals surface area (Å²) < 4.78 is 10.8. The number of nitrogens with zero attached hydrogens (tertiary/aromatic N) is 1. The van der Waals surface area contributed by atoms with Crippen LogP contribution in [0.1, 0.15) is 24.5 Å². The second kappa shape index (κ2) is 8.77. The molecule has 1 N–H and O–H groups in total. The van der Waals surface area contributed by atoms with Crippen molar-refractivity contribution in [3.63, 3.8) is 0 Å². The fraction of sp³-hybridized carbons (Fsp3) is 0.318. The maximum absolute atomic E-state index is 12.5. The van der Waals surface area contributed by atoms with E-state index in [0.717, 1.165) is 11.1 Å². The third-order valence-electron chi connectivity index (χ3n) is 4.72. The van der Waals surface area contributed by atoms with Crippen molar-refractivity contribution in [1.29, 1.82) is 0 Å². The molecule has 29 heavy (non-hydrogen) atoms. The van der Waals surface area contributed by atoms with Crippen molar-refractivity contribution in [2.24, 2.45) is 0 Å². The number of carbonyl (C=O) groups excluding carboxylic acids is 3. The lowest BCUT2D eigenvalue weighted by molar-refractivity contribution is -0.152. The third kappa shape index (κ3) is 4.74. The smallest absolute Gasteiger partial charge is 0.326 e. The Bertz CT molecular complexity index is 920.